The van der Waals surface area contributed by atoms with Gasteiger partial charge in [-0.1, -0.05) is 20.8 Å². The summed E-state index contributed by atoms with van der Waals surface area (Å²) >= 11 is 0. The van der Waals surface area contributed by atoms with Gasteiger partial charge in [0.15, 0.2) is 0 Å². The van der Waals surface area contributed by atoms with E-state index in [1.165, 1.54) is 0 Å². The number of piperidine rings is 1. The maximum Gasteiger partial charge on any atom is 0.234 e. The number of carbonyl (C=O) groups excluding carboxylic acids is 2. The summed E-state index contributed by atoms with van der Waals surface area (Å²) in [7, 11) is 0. The summed E-state index contributed by atoms with van der Waals surface area (Å²) in [6, 6.07) is 0. The number of likely N-dealkylation sites (tertiary alicyclic amines) is 1. The van der Waals surface area contributed by atoms with Gasteiger partial charge >= 0.3 is 0 Å². The van der Waals surface area contributed by atoms with Crippen LogP contribution in [0.5, 0.6) is 0 Å². The summed E-state index contributed by atoms with van der Waals surface area (Å²) in [5, 5.41) is 5.89. The summed E-state index contributed by atoms with van der Waals surface area (Å²) in [5.74, 6) is 0.867. The zero-order valence-corrected chi connectivity index (χ0v) is 13.1. The molecule has 1 fully saturated rings. The van der Waals surface area contributed by atoms with Gasteiger partial charge in [-0.2, -0.15) is 0 Å². The van der Waals surface area contributed by atoms with E-state index in [1.54, 1.807) is 0 Å². The van der Waals surface area contributed by atoms with Crippen LogP contribution >= 0.6 is 0 Å². The van der Waals surface area contributed by atoms with Gasteiger partial charge in [0, 0.05) is 19.0 Å². The molecule has 116 valence electrons. The second-order valence-electron chi connectivity index (χ2n) is 6.04. The molecule has 1 saturated heterocycles. The number of nitrogens with zero attached hydrogens (tertiary/aromatic N) is 1. The van der Waals surface area contributed by atoms with Crippen molar-refractivity contribution in [3.05, 3.63) is 0 Å². The molecule has 5 nitrogen and oxygen atoms in total. The third-order valence-electron chi connectivity index (χ3n) is 3.58. The third-order valence-corrected chi connectivity index (χ3v) is 3.58. The quantitative estimate of drug-likeness (QED) is 0.732. The van der Waals surface area contributed by atoms with Crippen molar-refractivity contribution in [1.29, 1.82) is 0 Å². The van der Waals surface area contributed by atoms with Crippen molar-refractivity contribution in [3.63, 3.8) is 0 Å². The molecule has 0 aliphatic carbocycles. The SMILES string of the molecule is CCCNC(=O)C1CCN(CC(=O)NCC(C)C)CC1. The highest BCUT2D eigenvalue weighted by atomic mass is 16.2. The predicted molar refractivity (Wildman–Crippen MR) is 80.3 cm³/mol. The molecule has 2 amide bonds. The lowest BCUT2D eigenvalue weighted by atomic mass is 9.96. The molecule has 1 heterocycles. The molecular weight excluding hydrogens is 254 g/mol. The molecule has 20 heavy (non-hydrogen) atoms. The summed E-state index contributed by atoms with van der Waals surface area (Å²) in [4.78, 5) is 25.7. The van der Waals surface area contributed by atoms with Crippen molar-refractivity contribution in [3.8, 4) is 0 Å². The van der Waals surface area contributed by atoms with Crippen LogP contribution in [-0.4, -0.2) is 49.4 Å². The van der Waals surface area contributed by atoms with Crippen LogP contribution in [0.4, 0.5) is 0 Å². The highest BCUT2D eigenvalue weighted by Crippen LogP contribution is 2.16. The highest BCUT2D eigenvalue weighted by molar-refractivity contribution is 5.79. The zero-order valence-electron chi connectivity index (χ0n) is 13.1. The van der Waals surface area contributed by atoms with Crippen molar-refractivity contribution in [2.24, 2.45) is 11.8 Å². The van der Waals surface area contributed by atoms with Crippen molar-refractivity contribution >= 4 is 11.8 Å². The third kappa shape index (κ3) is 6.37. The largest absolute Gasteiger partial charge is 0.356 e. The topological polar surface area (TPSA) is 61.4 Å². The summed E-state index contributed by atoms with van der Waals surface area (Å²) in [6.07, 6.45) is 2.68. The molecule has 1 rings (SSSR count). The smallest absolute Gasteiger partial charge is 0.234 e. The molecule has 0 bridgehead atoms. The number of carbonyl (C=O) groups is 2. The van der Waals surface area contributed by atoms with E-state index in [-0.39, 0.29) is 17.7 Å². The second-order valence-corrected chi connectivity index (χ2v) is 6.04. The first-order valence-corrected chi connectivity index (χ1v) is 7.79. The van der Waals surface area contributed by atoms with Crippen LogP contribution in [0.3, 0.4) is 0 Å². The highest BCUT2D eigenvalue weighted by Gasteiger charge is 2.25. The first kappa shape index (κ1) is 17.0. The molecule has 0 saturated carbocycles. The maximum atomic E-state index is 11.9. The van der Waals surface area contributed by atoms with E-state index in [0.717, 1.165) is 45.4 Å². The van der Waals surface area contributed by atoms with Crippen molar-refractivity contribution in [2.45, 2.75) is 40.0 Å². The molecule has 0 spiro atoms. The number of rotatable bonds is 7. The van der Waals surface area contributed by atoms with Gasteiger partial charge in [0.05, 0.1) is 6.54 Å². The number of hydrogen-bond acceptors (Lipinski definition) is 3. The number of nitrogens with one attached hydrogen (secondary N) is 2. The lowest BCUT2D eigenvalue weighted by molar-refractivity contribution is -0.126. The van der Waals surface area contributed by atoms with E-state index < -0.39 is 0 Å². The Bertz CT molecular complexity index is 310. The van der Waals surface area contributed by atoms with Gasteiger partial charge in [0.2, 0.25) is 11.8 Å². The Morgan fingerprint density at radius 1 is 1.20 bits per heavy atom. The Balaban J connectivity index is 2.21. The molecule has 0 atom stereocenters. The molecule has 5 heteroatoms. The fourth-order valence-electron chi connectivity index (χ4n) is 2.32. The lowest BCUT2D eigenvalue weighted by Crippen LogP contribution is -2.45. The van der Waals surface area contributed by atoms with E-state index in [2.05, 4.69) is 36.3 Å². The van der Waals surface area contributed by atoms with Crippen LogP contribution in [0.1, 0.15) is 40.0 Å². The Kier molecular flexibility index (Phi) is 7.59. The fourth-order valence-corrected chi connectivity index (χ4v) is 2.32. The minimum absolute atomic E-state index is 0.0904. The average molecular weight is 283 g/mol. The first-order chi connectivity index (χ1) is 9.52. The normalized spacial score (nSPS) is 17.2. The fraction of sp³-hybridized carbons (Fsp3) is 0.867. The van der Waals surface area contributed by atoms with Crippen LogP contribution in [0.15, 0.2) is 0 Å². The Hall–Kier alpha value is -1.10. The van der Waals surface area contributed by atoms with Gasteiger partial charge in [-0.3, -0.25) is 14.5 Å². The van der Waals surface area contributed by atoms with Crippen LogP contribution in [-0.2, 0) is 9.59 Å². The zero-order chi connectivity index (χ0) is 15.0. The molecule has 0 aromatic rings. The summed E-state index contributed by atoms with van der Waals surface area (Å²) in [5.41, 5.74) is 0. The monoisotopic (exact) mass is 283 g/mol. The molecule has 1 aliphatic heterocycles. The second kappa shape index (κ2) is 8.95. The molecule has 0 aromatic heterocycles. The molecule has 2 N–H and O–H groups in total. The summed E-state index contributed by atoms with van der Waals surface area (Å²) < 4.78 is 0. The summed E-state index contributed by atoms with van der Waals surface area (Å²) in [6.45, 7) is 9.83. The van der Waals surface area contributed by atoms with Gasteiger partial charge in [-0.25, -0.2) is 0 Å². The minimum Gasteiger partial charge on any atom is -0.356 e. The average Bonchev–Trinajstić information content (AvgIpc) is 2.43. The first-order valence-electron chi connectivity index (χ1n) is 7.79. The Morgan fingerprint density at radius 3 is 2.40 bits per heavy atom. The Morgan fingerprint density at radius 2 is 1.85 bits per heavy atom. The maximum absolute atomic E-state index is 11.9. The molecule has 0 radical (unpaired) electrons. The van der Waals surface area contributed by atoms with Gasteiger partial charge in [0.25, 0.3) is 0 Å². The van der Waals surface area contributed by atoms with Crippen molar-refractivity contribution in [2.75, 3.05) is 32.7 Å². The molecule has 1 aliphatic rings. The van der Waals surface area contributed by atoms with Gasteiger partial charge in [0.1, 0.15) is 0 Å². The van der Waals surface area contributed by atoms with Crippen molar-refractivity contribution < 1.29 is 9.59 Å². The van der Waals surface area contributed by atoms with Crippen LogP contribution in [0, 0.1) is 11.8 Å². The van der Waals surface area contributed by atoms with E-state index >= 15 is 0 Å². The minimum atomic E-state index is 0.0904. The number of amides is 2. The number of hydrogen-bond donors (Lipinski definition) is 2. The molecular formula is C15H29N3O2. The molecule has 0 unspecified atom stereocenters. The molecule has 0 aromatic carbocycles. The van der Waals surface area contributed by atoms with Gasteiger partial charge in [-0.15, -0.1) is 0 Å². The lowest BCUT2D eigenvalue weighted by Gasteiger charge is -2.30. The van der Waals surface area contributed by atoms with Crippen LogP contribution in [0.2, 0.25) is 0 Å². The van der Waals surface area contributed by atoms with Crippen LogP contribution < -0.4 is 10.6 Å². The van der Waals surface area contributed by atoms with E-state index in [4.69, 9.17) is 0 Å². The predicted octanol–water partition coefficient (Wildman–Crippen LogP) is 0.997. The van der Waals surface area contributed by atoms with Crippen molar-refractivity contribution in [1.82, 2.24) is 15.5 Å². The van der Waals surface area contributed by atoms with Gasteiger partial charge in [-0.05, 0) is 38.3 Å². The van der Waals surface area contributed by atoms with E-state index in [0.29, 0.717) is 12.5 Å². The standard InChI is InChI=1S/C15H29N3O2/c1-4-7-16-15(20)13-5-8-18(9-6-13)11-14(19)17-10-12(2)3/h12-13H,4-11H2,1-3H3,(H,16,20)(H,17,19). The van der Waals surface area contributed by atoms with E-state index in [1.807, 2.05) is 0 Å². The van der Waals surface area contributed by atoms with Crippen LogP contribution in [0.25, 0.3) is 0 Å². The van der Waals surface area contributed by atoms with E-state index in [9.17, 15) is 9.59 Å². The van der Waals surface area contributed by atoms with Gasteiger partial charge < -0.3 is 10.6 Å². The Labute approximate surface area is 122 Å².